The topological polar surface area (TPSA) is 46.2 Å². The third kappa shape index (κ3) is 3.20. The first-order chi connectivity index (χ1) is 6.45. The molecule has 0 fully saturated rings. The summed E-state index contributed by atoms with van der Waals surface area (Å²) < 4.78 is 13.5. The number of rotatable bonds is 2. The summed E-state index contributed by atoms with van der Waals surface area (Å²) >= 11 is 11.3. The van der Waals surface area contributed by atoms with E-state index < -0.39 is 18.0 Å². The van der Waals surface area contributed by atoms with E-state index in [1.54, 1.807) is 0 Å². The van der Waals surface area contributed by atoms with Gasteiger partial charge in [-0.2, -0.15) is 0 Å². The summed E-state index contributed by atoms with van der Waals surface area (Å²) in [7, 11) is 0. The summed E-state index contributed by atoms with van der Waals surface area (Å²) in [5.74, 6) is -0.674. The van der Waals surface area contributed by atoms with Crippen LogP contribution in [0.5, 0.6) is 0 Å². The predicted octanol–water partition coefficient (Wildman–Crippen LogP) is 2.93. The van der Waals surface area contributed by atoms with Crippen LogP contribution >= 0.6 is 35.6 Å². The molecule has 0 aliphatic rings. The van der Waals surface area contributed by atoms with Crippen LogP contribution in [0.4, 0.5) is 4.39 Å². The van der Waals surface area contributed by atoms with Gasteiger partial charge in [0.25, 0.3) is 0 Å². The second-order valence-electron chi connectivity index (χ2n) is 3.02. The molecule has 2 nitrogen and oxygen atoms in total. The van der Waals surface area contributed by atoms with Gasteiger partial charge < -0.3 is 10.8 Å². The molecule has 0 aromatic heterocycles. The highest BCUT2D eigenvalue weighted by molar-refractivity contribution is 6.33. The van der Waals surface area contributed by atoms with E-state index in [2.05, 4.69) is 0 Å². The first-order valence-corrected chi connectivity index (χ1v) is 4.77. The van der Waals surface area contributed by atoms with Gasteiger partial charge in [-0.05, 0) is 19.1 Å². The van der Waals surface area contributed by atoms with Crippen molar-refractivity contribution in [3.8, 4) is 0 Å². The zero-order valence-electron chi connectivity index (χ0n) is 7.88. The minimum Gasteiger partial charge on any atom is -0.391 e. The normalized spacial score (nSPS) is 14.3. The summed E-state index contributed by atoms with van der Waals surface area (Å²) in [6, 6.07) is 1.92. The van der Waals surface area contributed by atoms with Crippen molar-refractivity contribution in [2.24, 2.45) is 5.73 Å². The van der Waals surface area contributed by atoms with Crippen LogP contribution in [0, 0.1) is 5.82 Å². The van der Waals surface area contributed by atoms with E-state index in [1.165, 1.54) is 19.1 Å². The van der Waals surface area contributed by atoms with E-state index in [0.29, 0.717) is 0 Å². The zero-order chi connectivity index (χ0) is 10.9. The second kappa shape index (κ2) is 5.87. The first kappa shape index (κ1) is 14.9. The van der Waals surface area contributed by atoms with Crippen molar-refractivity contribution in [1.82, 2.24) is 0 Å². The highest BCUT2D eigenvalue weighted by Gasteiger charge is 2.21. The van der Waals surface area contributed by atoms with E-state index in [1.807, 2.05) is 0 Å². The largest absolute Gasteiger partial charge is 0.391 e. The molecule has 0 bridgehead atoms. The number of aliphatic hydroxyl groups excluding tert-OH is 1. The molecule has 86 valence electrons. The number of hydrogen-bond acceptors (Lipinski definition) is 2. The molecule has 0 spiro atoms. The molecule has 0 saturated carbocycles. The first-order valence-electron chi connectivity index (χ1n) is 4.02. The average molecular weight is 275 g/mol. The summed E-state index contributed by atoms with van der Waals surface area (Å²) in [5.41, 5.74) is 5.63. The maximum Gasteiger partial charge on any atom is 0.148 e. The fraction of sp³-hybridized carbons (Fsp3) is 0.333. The zero-order valence-corrected chi connectivity index (χ0v) is 10.2. The Morgan fingerprint density at radius 2 is 1.80 bits per heavy atom. The quantitative estimate of drug-likeness (QED) is 0.815. The Labute approximate surface area is 104 Å². The van der Waals surface area contributed by atoms with Gasteiger partial charge in [0.15, 0.2) is 0 Å². The second-order valence-corrected chi connectivity index (χ2v) is 3.84. The highest BCUT2D eigenvalue weighted by Crippen LogP contribution is 2.30. The van der Waals surface area contributed by atoms with Crippen LogP contribution in [0.15, 0.2) is 12.1 Å². The molecule has 3 N–H and O–H groups in total. The molecule has 0 heterocycles. The maximum atomic E-state index is 13.5. The van der Waals surface area contributed by atoms with Gasteiger partial charge >= 0.3 is 0 Å². The van der Waals surface area contributed by atoms with Crippen molar-refractivity contribution in [2.45, 2.75) is 19.1 Å². The minimum absolute atomic E-state index is 0. The van der Waals surface area contributed by atoms with Crippen LogP contribution in [0.2, 0.25) is 10.0 Å². The third-order valence-electron chi connectivity index (χ3n) is 1.93. The minimum atomic E-state index is -0.888. The van der Waals surface area contributed by atoms with Crippen molar-refractivity contribution in [2.75, 3.05) is 0 Å². The van der Waals surface area contributed by atoms with Gasteiger partial charge in [-0.15, -0.1) is 12.4 Å². The van der Waals surface area contributed by atoms with Crippen LogP contribution < -0.4 is 5.73 Å². The standard InChI is InChI=1S/C9H10Cl2FNO.ClH/c1-4(14)9(13)7-5(10)2-3-6(11)8(7)12;/h2-4,9,14H,13H2,1H3;1H/t4-,9-;/m1./s1. The lowest BCUT2D eigenvalue weighted by atomic mass is 10.0. The van der Waals surface area contributed by atoms with Crippen molar-refractivity contribution in [3.05, 3.63) is 33.6 Å². The predicted molar refractivity (Wildman–Crippen MR) is 62.3 cm³/mol. The lowest BCUT2D eigenvalue weighted by Gasteiger charge is -2.17. The van der Waals surface area contributed by atoms with Crippen LogP contribution in [-0.2, 0) is 0 Å². The fourth-order valence-electron chi connectivity index (χ4n) is 1.09. The Morgan fingerprint density at radius 3 is 2.27 bits per heavy atom. The average Bonchev–Trinajstić information content (AvgIpc) is 2.12. The monoisotopic (exact) mass is 273 g/mol. The molecule has 0 unspecified atom stereocenters. The third-order valence-corrected chi connectivity index (χ3v) is 2.55. The number of aliphatic hydroxyl groups is 1. The van der Waals surface area contributed by atoms with Gasteiger partial charge in [0, 0.05) is 10.6 Å². The molecule has 1 aromatic rings. The Kier molecular flexibility index (Phi) is 5.85. The molecule has 2 atom stereocenters. The van der Waals surface area contributed by atoms with Gasteiger partial charge in [0.05, 0.1) is 17.2 Å². The lowest BCUT2D eigenvalue weighted by molar-refractivity contribution is 0.162. The molecular formula is C9H11Cl3FNO. The van der Waals surface area contributed by atoms with Gasteiger partial charge in [0.1, 0.15) is 5.82 Å². The van der Waals surface area contributed by atoms with E-state index in [4.69, 9.17) is 28.9 Å². The number of hydrogen-bond donors (Lipinski definition) is 2. The Balaban J connectivity index is 0.00000196. The number of halogens is 4. The Morgan fingerprint density at radius 1 is 1.33 bits per heavy atom. The summed E-state index contributed by atoms with van der Waals surface area (Å²) in [6.07, 6.45) is -0.888. The Bertz CT molecular complexity index is 346. The van der Waals surface area contributed by atoms with Gasteiger partial charge in [-0.3, -0.25) is 0 Å². The SMILES string of the molecule is C[C@@H](O)[C@@H](N)c1c(Cl)ccc(Cl)c1F.Cl. The van der Waals surface area contributed by atoms with Crippen LogP contribution in [0.3, 0.4) is 0 Å². The fourth-order valence-corrected chi connectivity index (χ4v) is 1.53. The molecule has 1 rings (SSSR count). The van der Waals surface area contributed by atoms with Crippen LogP contribution in [0.1, 0.15) is 18.5 Å². The summed E-state index contributed by atoms with van der Waals surface area (Å²) in [5, 5.41) is 9.33. The lowest BCUT2D eigenvalue weighted by Crippen LogP contribution is -2.24. The van der Waals surface area contributed by atoms with Gasteiger partial charge in [0.2, 0.25) is 0 Å². The summed E-state index contributed by atoms with van der Waals surface area (Å²) in [6.45, 7) is 1.46. The molecule has 0 amide bonds. The maximum absolute atomic E-state index is 13.5. The van der Waals surface area contributed by atoms with Crippen molar-refractivity contribution in [3.63, 3.8) is 0 Å². The van der Waals surface area contributed by atoms with Gasteiger partial charge in [-0.1, -0.05) is 23.2 Å². The highest BCUT2D eigenvalue weighted by atomic mass is 35.5. The van der Waals surface area contributed by atoms with Crippen molar-refractivity contribution in [1.29, 1.82) is 0 Å². The van der Waals surface area contributed by atoms with Gasteiger partial charge in [-0.25, -0.2) is 4.39 Å². The molecule has 15 heavy (non-hydrogen) atoms. The van der Waals surface area contributed by atoms with Crippen molar-refractivity contribution >= 4 is 35.6 Å². The molecule has 1 aromatic carbocycles. The smallest absolute Gasteiger partial charge is 0.148 e. The van der Waals surface area contributed by atoms with E-state index in [9.17, 15) is 9.50 Å². The van der Waals surface area contributed by atoms with Crippen molar-refractivity contribution < 1.29 is 9.50 Å². The number of nitrogens with two attached hydrogens (primary N) is 1. The molecule has 0 aliphatic heterocycles. The molecule has 0 saturated heterocycles. The Hall–Kier alpha value is -0.0600. The van der Waals surface area contributed by atoms with E-state index in [-0.39, 0.29) is 28.0 Å². The van der Waals surface area contributed by atoms with E-state index >= 15 is 0 Å². The van der Waals surface area contributed by atoms with Crippen LogP contribution in [0.25, 0.3) is 0 Å². The molecule has 6 heteroatoms. The summed E-state index contributed by atoms with van der Waals surface area (Å²) in [4.78, 5) is 0. The van der Waals surface area contributed by atoms with E-state index in [0.717, 1.165) is 0 Å². The van der Waals surface area contributed by atoms with Crippen LogP contribution in [-0.4, -0.2) is 11.2 Å². The molecular weight excluding hydrogens is 263 g/mol. The molecule has 0 radical (unpaired) electrons. The number of benzene rings is 1. The molecule has 0 aliphatic carbocycles.